The molecule has 1 fully saturated rings. The molecule has 3 heterocycles. The molecule has 2 aliphatic rings. The third-order valence-electron chi connectivity index (χ3n) is 6.17. The average molecular weight is 419 g/mol. The summed E-state index contributed by atoms with van der Waals surface area (Å²) in [6, 6.07) is 9.17. The number of carbonyl (C=O) groups excluding carboxylic acids is 2. The Balaban J connectivity index is 1.50. The molecular weight excluding hydrogens is 394 g/mol. The second kappa shape index (κ2) is 7.26. The van der Waals surface area contributed by atoms with Gasteiger partial charge >= 0.3 is 0 Å². The molecule has 160 valence electrons. The van der Waals surface area contributed by atoms with E-state index >= 15 is 0 Å². The van der Waals surface area contributed by atoms with Crippen LogP contribution in [0.15, 0.2) is 36.5 Å². The van der Waals surface area contributed by atoms with E-state index in [2.05, 4.69) is 21.2 Å². The number of benzene rings is 1. The lowest BCUT2D eigenvalue weighted by atomic mass is 9.80. The van der Waals surface area contributed by atoms with Crippen LogP contribution in [0.3, 0.4) is 0 Å². The zero-order valence-corrected chi connectivity index (χ0v) is 17.6. The van der Waals surface area contributed by atoms with Gasteiger partial charge in [0.1, 0.15) is 17.0 Å². The van der Waals surface area contributed by atoms with Crippen molar-refractivity contribution in [1.29, 1.82) is 0 Å². The molecule has 1 spiro atoms. The van der Waals surface area contributed by atoms with E-state index in [1.165, 1.54) is 0 Å². The fraction of sp³-hybridized carbons (Fsp3) is 0.364. The van der Waals surface area contributed by atoms with Crippen LogP contribution in [-0.4, -0.2) is 45.3 Å². The van der Waals surface area contributed by atoms with E-state index in [1.54, 1.807) is 37.3 Å². The van der Waals surface area contributed by atoms with Crippen molar-refractivity contribution in [3.05, 3.63) is 42.1 Å². The average Bonchev–Trinajstić information content (AvgIpc) is 3.16. The lowest BCUT2D eigenvalue weighted by Gasteiger charge is -2.41. The molecule has 0 radical (unpaired) electrons. The van der Waals surface area contributed by atoms with Gasteiger partial charge in [-0.25, -0.2) is 4.98 Å². The number of fused-ring (bicyclic) bond motifs is 4. The van der Waals surface area contributed by atoms with Crippen molar-refractivity contribution in [2.75, 3.05) is 24.8 Å². The molecule has 5 rings (SSSR count). The minimum absolute atomic E-state index is 0.00790. The van der Waals surface area contributed by atoms with Crippen molar-refractivity contribution in [3.63, 3.8) is 0 Å². The van der Waals surface area contributed by atoms with Crippen molar-refractivity contribution < 1.29 is 9.59 Å². The SMILES string of the molecule is CN(C)C(=O)c1ccc(Nc2ncc3cc4n(c3n2)C2(CCCCC2)C(=O)NN4)cc1. The highest BCUT2D eigenvalue weighted by Gasteiger charge is 2.46. The number of nitrogens with one attached hydrogen (secondary N) is 3. The third kappa shape index (κ3) is 3.17. The maximum Gasteiger partial charge on any atom is 0.264 e. The van der Waals surface area contributed by atoms with Gasteiger partial charge in [0.05, 0.1) is 0 Å². The van der Waals surface area contributed by atoms with Crippen LogP contribution in [0.25, 0.3) is 11.0 Å². The Bertz CT molecular complexity index is 1160. The van der Waals surface area contributed by atoms with E-state index in [0.29, 0.717) is 11.5 Å². The lowest BCUT2D eigenvalue weighted by Crippen LogP contribution is -2.55. The third-order valence-corrected chi connectivity index (χ3v) is 6.17. The largest absolute Gasteiger partial charge is 0.345 e. The van der Waals surface area contributed by atoms with Gasteiger partial charge in [-0.05, 0) is 43.2 Å². The number of carbonyl (C=O) groups is 2. The van der Waals surface area contributed by atoms with Gasteiger partial charge in [0.15, 0.2) is 0 Å². The number of hydrogen-bond donors (Lipinski definition) is 3. The molecule has 9 nitrogen and oxygen atoms in total. The first-order valence-corrected chi connectivity index (χ1v) is 10.5. The summed E-state index contributed by atoms with van der Waals surface area (Å²) in [7, 11) is 3.45. The van der Waals surface area contributed by atoms with Gasteiger partial charge in [0, 0.05) is 36.9 Å². The van der Waals surface area contributed by atoms with Gasteiger partial charge in [-0.1, -0.05) is 19.3 Å². The van der Waals surface area contributed by atoms with Gasteiger partial charge in [-0.15, -0.1) is 0 Å². The topological polar surface area (TPSA) is 104 Å². The number of anilines is 3. The van der Waals surface area contributed by atoms with Crippen molar-refractivity contribution in [2.45, 2.75) is 37.6 Å². The molecule has 0 bridgehead atoms. The molecule has 1 aromatic carbocycles. The smallest absolute Gasteiger partial charge is 0.264 e. The first-order valence-electron chi connectivity index (χ1n) is 10.5. The van der Waals surface area contributed by atoms with Gasteiger partial charge in [-0.3, -0.25) is 25.0 Å². The summed E-state index contributed by atoms with van der Waals surface area (Å²) in [5, 5.41) is 4.09. The maximum absolute atomic E-state index is 12.9. The Kier molecular flexibility index (Phi) is 4.53. The second-order valence-electron chi connectivity index (χ2n) is 8.41. The van der Waals surface area contributed by atoms with Crippen LogP contribution in [-0.2, 0) is 10.3 Å². The van der Waals surface area contributed by atoms with Crippen LogP contribution < -0.4 is 16.2 Å². The normalized spacial score (nSPS) is 17.0. The van der Waals surface area contributed by atoms with Crippen molar-refractivity contribution >= 4 is 40.3 Å². The summed E-state index contributed by atoms with van der Waals surface area (Å²) in [5.74, 6) is 1.21. The molecule has 0 atom stereocenters. The molecule has 31 heavy (non-hydrogen) atoms. The molecule has 1 aliphatic carbocycles. The Morgan fingerprint density at radius 1 is 1.13 bits per heavy atom. The summed E-state index contributed by atoms with van der Waals surface area (Å²) in [6.45, 7) is 0. The Labute approximate surface area is 179 Å². The minimum Gasteiger partial charge on any atom is -0.345 e. The van der Waals surface area contributed by atoms with Crippen molar-refractivity contribution in [1.82, 2.24) is 24.9 Å². The number of nitrogens with zero attached hydrogens (tertiary/aromatic N) is 4. The van der Waals surface area contributed by atoms with Crippen LogP contribution in [0, 0.1) is 0 Å². The summed E-state index contributed by atoms with van der Waals surface area (Å²) in [6.07, 6.45) is 6.53. The highest BCUT2D eigenvalue weighted by molar-refractivity contribution is 5.95. The van der Waals surface area contributed by atoms with Gasteiger partial charge in [0.25, 0.3) is 11.8 Å². The maximum atomic E-state index is 12.9. The Hall–Kier alpha value is -3.62. The van der Waals surface area contributed by atoms with Gasteiger partial charge in [0.2, 0.25) is 5.95 Å². The standard InChI is InChI=1S/C22H25N7O2/c1-28(2)19(30)14-6-8-16(9-7-14)24-21-23-13-15-12-17-26-27-20(31)22(10-4-3-5-11-22)29(17)18(15)25-21/h6-9,12-13,26H,3-5,10-11H2,1-2H3,(H,27,31)(H,23,24,25). The molecule has 0 saturated heterocycles. The summed E-state index contributed by atoms with van der Waals surface area (Å²) >= 11 is 0. The Morgan fingerprint density at radius 2 is 1.87 bits per heavy atom. The molecule has 9 heteroatoms. The van der Waals surface area contributed by atoms with Crippen molar-refractivity contribution in [2.24, 2.45) is 0 Å². The van der Waals surface area contributed by atoms with Gasteiger partial charge in [-0.2, -0.15) is 4.98 Å². The minimum atomic E-state index is -0.611. The van der Waals surface area contributed by atoms with E-state index in [0.717, 1.165) is 54.6 Å². The molecule has 3 aromatic rings. The zero-order chi connectivity index (χ0) is 21.6. The molecule has 1 saturated carbocycles. The zero-order valence-electron chi connectivity index (χ0n) is 17.6. The van der Waals surface area contributed by atoms with Crippen LogP contribution in [0.4, 0.5) is 17.5 Å². The predicted molar refractivity (Wildman–Crippen MR) is 118 cm³/mol. The molecule has 1 aliphatic heterocycles. The first-order chi connectivity index (χ1) is 15.0. The van der Waals surface area contributed by atoms with Crippen LogP contribution >= 0.6 is 0 Å². The number of rotatable bonds is 3. The molecule has 2 aromatic heterocycles. The Morgan fingerprint density at radius 3 is 2.58 bits per heavy atom. The number of hydrazine groups is 1. The molecule has 2 amide bonds. The van der Waals surface area contributed by atoms with E-state index in [4.69, 9.17) is 4.98 Å². The monoisotopic (exact) mass is 419 g/mol. The van der Waals surface area contributed by atoms with Crippen LogP contribution in [0.5, 0.6) is 0 Å². The fourth-order valence-corrected chi connectivity index (χ4v) is 4.58. The lowest BCUT2D eigenvalue weighted by molar-refractivity contribution is -0.131. The number of amides is 2. The van der Waals surface area contributed by atoms with Crippen LogP contribution in [0.1, 0.15) is 42.5 Å². The molecular formula is C22H25N7O2. The highest BCUT2D eigenvalue weighted by atomic mass is 16.2. The molecule has 3 N–H and O–H groups in total. The van der Waals surface area contributed by atoms with E-state index < -0.39 is 5.54 Å². The summed E-state index contributed by atoms with van der Waals surface area (Å²) in [4.78, 5) is 35.7. The second-order valence-corrected chi connectivity index (χ2v) is 8.41. The summed E-state index contributed by atoms with van der Waals surface area (Å²) in [5.41, 5.74) is 7.36. The van der Waals surface area contributed by atoms with Gasteiger partial charge < -0.3 is 10.2 Å². The van der Waals surface area contributed by atoms with Crippen LogP contribution in [0.2, 0.25) is 0 Å². The first kappa shape index (κ1) is 19.3. The van der Waals surface area contributed by atoms with E-state index in [9.17, 15) is 9.59 Å². The van der Waals surface area contributed by atoms with Crippen molar-refractivity contribution in [3.8, 4) is 0 Å². The van der Waals surface area contributed by atoms with E-state index in [-0.39, 0.29) is 11.8 Å². The quantitative estimate of drug-likeness (QED) is 0.603. The number of aromatic nitrogens is 3. The van der Waals surface area contributed by atoms with E-state index in [1.807, 2.05) is 22.8 Å². The summed E-state index contributed by atoms with van der Waals surface area (Å²) < 4.78 is 2.05. The molecule has 0 unspecified atom stereocenters. The highest BCUT2D eigenvalue weighted by Crippen LogP contribution is 2.42. The predicted octanol–water partition coefficient (Wildman–Crippen LogP) is 2.99. The fourth-order valence-electron chi connectivity index (χ4n) is 4.58. The number of hydrogen-bond acceptors (Lipinski definition) is 6.